The lowest BCUT2D eigenvalue weighted by molar-refractivity contribution is 0.112. The third-order valence-corrected chi connectivity index (χ3v) is 2.90. The number of aldehydes is 1. The molecule has 0 amide bonds. The predicted molar refractivity (Wildman–Crippen MR) is 63.5 cm³/mol. The smallest absolute Gasteiger partial charge is 0.150 e. The van der Waals surface area contributed by atoms with E-state index < -0.39 is 0 Å². The van der Waals surface area contributed by atoms with Gasteiger partial charge in [0.05, 0.1) is 0 Å². The van der Waals surface area contributed by atoms with Gasteiger partial charge in [0.1, 0.15) is 0 Å². The third kappa shape index (κ3) is 1.54. The first-order valence-corrected chi connectivity index (χ1v) is 5.24. The Labute approximate surface area is 89.7 Å². The molecule has 1 heteroatoms. The molecule has 0 N–H and O–H groups in total. The van der Waals surface area contributed by atoms with E-state index in [1.807, 2.05) is 18.2 Å². The Morgan fingerprint density at radius 1 is 1.27 bits per heavy atom. The van der Waals surface area contributed by atoms with Crippen LogP contribution < -0.4 is 0 Å². The first-order valence-electron chi connectivity index (χ1n) is 5.24. The van der Waals surface area contributed by atoms with Crippen LogP contribution in [0.25, 0.3) is 10.8 Å². The van der Waals surface area contributed by atoms with E-state index in [-0.39, 0.29) is 0 Å². The quantitative estimate of drug-likeness (QED) is 0.675. The second kappa shape index (κ2) is 3.85. The van der Waals surface area contributed by atoms with E-state index in [1.165, 1.54) is 11.1 Å². The lowest BCUT2D eigenvalue weighted by Gasteiger charge is -2.10. The van der Waals surface area contributed by atoms with Crippen LogP contribution in [0.5, 0.6) is 0 Å². The zero-order chi connectivity index (χ0) is 10.8. The molecule has 2 rings (SSSR count). The molecule has 0 aromatic heterocycles. The summed E-state index contributed by atoms with van der Waals surface area (Å²) >= 11 is 0. The summed E-state index contributed by atoms with van der Waals surface area (Å²) in [6, 6.07) is 10.2. The number of hydrogen-bond donors (Lipinski definition) is 0. The van der Waals surface area contributed by atoms with Crippen molar-refractivity contribution in [1.82, 2.24) is 0 Å². The maximum absolute atomic E-state index is 11.2. The summed E-state index contributed by atoms with van der Waals surface area (Å²) in [5.74, 6) is 0. The van der Waals surface area contributed by atoms with Gasteiger partial charge in [0.25, 0.3) is 0 Å². The Balaban J connectivity index is 2.90. The van der Waals surface area contributed by atoms with Gasteiger partial charge in [0, 0.05) is 5.56 Å². The lowest BCUT2D eigenvalue weighted by Crippen LogP contribution is -1.96. The van der Waals surface area contributed by atoms with Gasteiger partial charge in [-0.2, -0.15) is 0 Å². The number of rotatable bonds is 2. The highest BCUT2D eigenvalue weighted by molar-refractivity contribution is 6.00. The first-order chi connectivity index (χ1) is 7.27. The van der Waals surface area contributed by atoms with Crippen molar-refractivity contribution >= 4 is 17.1 Å². The van der Waals surface area contributed by atoms with Gasteiger partial charge in [-0.25, -0.2) is 0 Å². The number of carbonyl (C=O) groups is 1. The molecule has 0 heterocycles. The van der Waals surface area contributed by atoms with Crippen LogP contribution in [0.4, 0.5) is 0 Å². The number of hydrogen-bond acceptors (Lipinski definition) is 1. The zero-order valence-electron chi connectivity index (χ0n) is 9.08. The molecule has 0 bridgehead atoms. The number of aryl methyl sites for hydroxylation is 1. The van der Waals surface area contributed by atoms with Crippen molar-refractivity contribution in [2.24, 2.45) is 0 Å². The van der Waals surface area contributed by atoms with E-state index in [2.05, 4.69) is 26.0 Å². The van der Waals surface area contributed by atoms with Crippen molar-refractivity contribution in [2.75, 3.05) is 0 Å². The van der Waals surface area contributed by atoms with Gasteiger partial charge < -0.3 is 0 Å². The monoisotopic (exact) mass is 198 g/mol. The maximum Gasteiger partial charge on any atom is 0.150 e. The molecule has 0 fully saturated rings. The minimum atomic E-state index is 0.855. The average Bonchev–Trinajstić information content (AvgIpc) is 2.27. The molecule has 0 aliphatic heterocycles. The molecule has 0 saturated carbocycles. The molecule has 15 heavy (non-hydrogen) atoms. The molecular formula is C14H14O. The van der Waals surface area contributed by atoms with E-state index in [4.69, 9.17) is 0 Å². The lowest BCUT2D eigenvalue weighted by atomic mass is 9.94. The highest BCUT2D eigenvalue weighted by Gasteiger charge is 2.08. The summed E-state index contributed by atoms with van der Waals surface area (Å²) in [4.78, 5) is 11.2. The maximum atomic E-state index is 11.2. The minimum Gasteiger partial charge on any atom is -0.298 e. The highest BCUT2D eigenvalue weighted by atomic mass is 16.1. The third-order valence-electron chi connectivity index (χ3n) is 2.90. The summed E-state index contributed by atoms with van der Waals surface area (Å²) in [6.45, 7) is 4.16. The molecule has 0 radical (unpaired) electrons. The van der Waals surface area contributed by atoms with E-state index in [9.17, 15) is 4.79 Å². The van der Waals surface area contributed by atoms with Crippen LogP contribution in [-0.4, -0.2) is 6.29 Å². The van der Waals surface area contributed by atoms with Gasteiger partial charge >= 0.3 is 0 Å². The van der Waals surface area contributed by atoms with Crippen LogP contribution >= 0.6 is 0 Å². The van der Waals surface area contributed by atoms with Gasteiger partial charge in [-0.05, 0) is 35.2 Å². The zero-order valence-corrected chi connectivity index (χ0v) is 9.08. The predicted octanol–water partition coefficient (Wildman–Crippen LogP) is 3.52. The van der Waals surface area contributed by atoms with Crippen molar-refractivity contribution in [3.05, 3.63) is 47.0 Å². The fourth-order valence-electron chi connectivity index (χ4n) is 2.17. The van der Waals surface area contributed by atoms with Gasteiger partial charge in [-0.15, -0.1) is 0 Å². The minimum absolute atomic E-state index is 0.855. The van der Waals surface area contributed by atoms with Gasteiger partial charge in [0.2, 0.25) is 0 Å². The molecule has 0 aliphatic carbocycles. The molecule has 0 saturated heterocycles. The second-order valence-electron chi connectivity index (χ2n) is 3.78. The second-order valence-corrected chi connectivity index (χ2v) is 3.78. The van der Waals surface area contributed by atoms with Crippen molar-refractivity contribution < 1.29 is 4.79 Å². The molecular weight excluding hydrogens is 184 g/mol. The van der Waals surface area contributed by atoms with Crippen LogP contribution in [0.1, 0.15) is 28.4 Å². The summed E-state index contributed by atoms with van der Waals surface area (Å²) in [5.41, 5.74) is 3.23. The van der Waals surface area contributed by atoms with E-state index >= 15 is 0 Å². The molecule has 0 aliphatic rings. The fourth-order valence-corrected chi connectivity index (χ4v) is 2.17. The molecule has 0 spiro atoms. The van der Waals surface area contributed by atoms with Crippen LogP contribution in [0, 0.1) is 6.92 Å². The highest BCUT2D eigenvalue weighted by Crippen LogP contribution is 2.24. The molecule has 2 aromatic rings. The molecule has 76 valence electrons. The summed E-state index contributed by atoms with van der Waals surface area (Å²) < 4.78 is 0. The Bertz CT molecular complexity index is 512. The van der Waals surface area contributed by atoms with Crippen molar-refractivity contribution in [3.63, 3.8) is 0 Å². The summed E-state index contributed by atoms with van der Waals surface area (Å²) in [6.07, 6.45) is 1.89. The summed E-state index contributed by atoms with van der Waals surface area (Å²) in [5, 5.41) is 2.21. The van der Waals surface area contributed by atoms with Gasteiger partial charge in [-0.1, -0.05) is 37.3 Å². The normalized spacial score (nSPS) is 10.5. The van der Waals surface area contributed by atoms with Crippen LogP contribution in [0.2, 0.25) is 0 Å². The largest absolute Gasteiger partial charge is 0.298 e. The Morgan fingerprint density at radius 2 is 2.00 bits per heavy atom. The Morgan fingerprint density at radius 3 is 2.67 bits per heavy atom. The van der Waals surface area contributed by atoms with Gasteiger partial charge in [-0.3, -0.25) is 4.79 Å². The molecule has 2 aromatic carbocycles. The Hall–Kier alpha value is -1.63. The van der Waals surface area contributed by atoms with Crippen molar-refractivity contribution in [3.8, 4) is 0 Å². The number of fused-ring (bicyclic) bond motifs is 1. The van der Waals surface area contributed by atoms with E-state index in [0.29, 0.717) is 0 Å². The summed E-state index contributed by atoms with van der Waals surface area (Å²) in [7, 11) is 0. The standard InChI is InChI=1S/C14H14O/c1-3-12-10(2)8-11-6-4-5-7-13(11)14(12)9-15/h4-9H,3H2,1-2H3. The fraction of sp³-hybridized carbons (Fsp3) is 0.214. The molecule has 1 nitrogen and oxygen atoms in total. The average molecular weight is 198 g/mol. The van der Waals surface area contributed by atoms with Crippen LogP contribution in [-0.2, 0) is 6.42 Å². The van der Waals surface area contributed by atoms with Crippen molar-refractivity contribution in [2.45, 2.75) is 20.3 Å². The van der Waals surface area contributed by atoms with Crippen molar-refractivity contribution in [1.29, 1.82) is 0 Å². The number of carbonyl (C=O) groups excluding carboxylic acids is 1. The van der Waals surface area contributed by atoms with E-state index in [1.54, 1.807) is 0 Å². The topological polar surface area (TPSA) is 17.1 Å². The SMILES string of the molecule is CCc1c(C)cc2ccccc2c1C=O. The van der Waals surface area contributed by atoms with Gasteiger partial charge in [0.15, 0.2) is 6.29 Å². The number of benzene rings is 2. The Kier molecular flexibility index (Phi) is 2.55. The van der Waals surface area contributed by atoms with Crippen LogP contribution in [0.15, 0.2) is 30.3 Å². The van der Waals surface area contributed by atoms with Crippen LogP contribution in [0.3, 0.4) is 0 Å². The first kappa shape index (κ1) is 9.91. The van der Waals surface area contributed by atoms with E-state index in [0.717, 1.165) is 29.0 Å². The molecule has 0 unspecified atom stereocenters. The molecule has 0 atom stereocenters.